The topological polar surface area (TPSA) is 35.2 Å². The molecule has 2 nitrogen and oxygen atoms in total. The fourth-order valence-corrected chi connectivity index (χ4v) is 2.73. The van der Waals surface area contributed by atoms with E-state index in [1.807, 2.05) is 11.8 Å². The molecule has 0 aromatic heterocycles. The minimum Gasteiger partial charge on any atom is -0.379 e. The Morgan fingerprint density at radius 3 is 2.38 bits per heavy atom. The Labute approximate surface area is 102 Å². The largest absolute Gasteiger partial charge is 0.379 e. The van der Waals surface area contributed by atoms with Gasteiger partial charge in [0.25, 0.3) is 0 Å². The average molecular weight is 237 g/mol. The number of ether oxygens (including phenoxy) is 1. The van der Waals surface area contributed by atoms with Crippen LogP contribution in [0.3, 0.4) is 0 Å². The molecule has 1 aliphatic heterocycles. The molecule has 1 fully saturated rings. The molecule has 1 aromatic rings. The molecular formula is C13H19NOS. The quantitative estimate of drug-likeness (QED) is 0.817. The van der Waals surface area contributed by atoms with Crippen LogP contribution in [0.15, 0.2) is 29.2 Å². The molecule has 0 radical (unpaired) electrons. The molecule has 1 unspecified atom stereocenters. The molecule has 0 saturated carbocycles. The van der Waals surface area contributed by atoms with Gasteiger partial charge in [-0.1, -0.05) is 19.1 Å². The molecule has 0 spiro atoms. The highest BCUT2D eigenvalue weighted by molar-refractivity contribution is 7.99. The second-order valence-electron chi connectivity index (χ2n) is 4.40. The third-order valence-corrected chi connectivity index (χ3v) is 4.23. The third-order valence-electron chi connectivity index (χ3n) is 3.33. The molecule has 16 heavy (non-hydrogen) atoms. The standard InChI is InChI=1S/C13H19NOS/c1-3-16-12-6-4-11(5-7-12)13(10(2)14)8-15-9-13/h4-7,10H,3,8-9,14H2,1-2H3. The zero-order chi connectivity index (χ0) is 11.6. The van der Waals surface area contributed by atoms with E-state index in [9.17, 15) is 0 Å². The predicted molar refractivity (Wildman–Crippen MR) is 69.0 cm³/mol. The Hall–Kier alpha value is -0.510. The minimum absolute atomic E-state index is 0.0510. The van der Waals surface area contributed by atoms with Crippen LogP contribution in [0.1, 0.15) is 19.4 Å². The zero-order valence-corrected chi connectivity index (χ0v) is 10.7. The van der Waals surface area contributed by atoms with Gasteiger partial charge in [-0.05, 0) is 30.4 Å². The van der Waals surface area contributed by atoms with Gasteiger partial charge >= 0.3 is 0 Å². The molecule has 0 bridgehead atoms. The van der Waals surface area contributed by atoms with E-state index in [4.69, 9.17) is 10.5 Å². The van der Waals surface area contributed by atoms with Gasteiger partial charge in [-0.2, -0.15) is 0 Å². The lowest BCUT2D eigenvalue weighted by Gasteiger charge is -2.45. The van der Waals surface area contributed by atoms with Crippen LogP contribution in [0.5, 0.6) is 0 Å². The van der Waals surface area contributed by atoms with Crippen LogP contribution in [-0.2, 0) is 10.2 Å². The van der Waals surface area contributed by atoms with Crippen LogP contribution in [0.2, 0.25) is 0 Å². The second kappa shape index (κ2) is 4.78. The number of hydrogen-bond acceptors (Lipinski definition) is 3. The van der Waals surface area contributed by atoms with E-state index in [0.29, 0.717) is 0 Å². The molecule has 0 aliphatic carbocycles. The second-order valence-corrected chi connectivity index (χ2v) is 5.73. The maximum atomic E-state index is 6.08. The summed E-state index contributed by atoms with van der Waals surface area (Å²) in [6.45, 7) is 5.74. The van der Waals surface area contributed by atoms with E-state index in [0.717, 1.165) is 19.0 Å². The fourth-order valence-electron chi connectivity index (χ4n) is 2.06. The molecule has 88 valence electrons. The minimum atomic E-state index is 0.0510. The first-order chi connectivity index (χ1) is 7.69. The van der Waals surface area contributed by atoms with Gasteiger partial charge in [0.2, 0.25) is 0 Å². The Balaban J connectivity index is 2.20. The van der Waals surface area contributed by atoms with Crippen molar-refractivity contribution in [3.8, 4) is 0 Å². The van der Waals surface area contributed by atoms with E-state index in [2.05, 4.69) is 38.1 Å². The summed E-state index contributed by atoms with van der Waals surface area (Å²) in [6.07, 6.45) is 0. The molecule has 1 saturated heterocycles. The van der Waals surface area contributed by atoms with E-state index < -0.39 is 0 Å². The Bertz CT molecular complexity index is 343. The molecule has 1 aliphatic rings. The maximum absolute atomic E-state index is 6.08. The van der Waals surface area contributed by atoms with E-state index in [1.165, 1.54) is 10.5 Å². The Morgan fingerprint density at radius 2 is 2.00 bits per heavy atom. The van der Waals surface area contributed by atoms with Gasteiger partial charge in [0.15, 0.2) is 0 Å². The molecular weight excluding hydrogens is 218 g/mol. The number of thioether (sulfide) groups is 1. The van der Waals surface area contributed by atoms with Crippen molar-refractivity contribution in [2.75, 3.05) is 19.0 Å². The van der Waals surface area contributed by atoms with Crippen LogP contribution in [0.4, 0.5) is 0 Å². The first-order valence-electron chi connectivity index (χ1n) is 5.76. The summed E-state index contributed by atoms with van der Waals surface area (Å²) in [7, 11) is 0. The van der Waals surface area contributed by atoms with Crippen molar-refractivity contribution >= 4 is 11.8 Å². The van der Waals surface area contributed by atoms with Gasteiger partial charge in [0.05, 0.1) is 18.6 Å². The Morgan fingerprint density at radius 1 is 1.38 bits per heavy atom. The Kier molecular flexibility index (Phi) is 3.57. The SMILES string of the molecule is CCSc1ccc(C2(C(C)N)COC2)cc1. The van der Waals surface area contributed by atoms with Gasteiger partial charge < -0.3 is 10.5 Å². The molecule has 0 amide bonds. The normalized spacial score (nSPS) is 20.2. The summed E-state index contributed by atoms with van der Waals surface area (Å²) in [6, 6.07) is 8.91. The smallest absolute Gasteiger partial charge is 0.0600 e. The van der Waals surface area contributed by atoms with E-state index in [1.54, 1.807) is 0 Å². The number of nitrogens with two attached hydrogens (primary N) is 1. The molecule has 1 aromatic carbocycles. The molecule has 1 atom stereocenters. The fraction of sp³-hybridized carbons (Fsp3) is 0.538. The first-order valence-corrected chi connectivity index (χ1v) is 6.74. The molecule has 1 heterocycles. The van der Waals surface area contributed by atoms with Gasteiger partial charge in [0.1, 0.15) is 0 Å². The van der Waals surface area contributed by atoms with Crippen molar-refractivity contribution in [2.45, 2.75) is 30.2 Å². The van der Waals surface area contributed by atoms with Crippen LogP contribution in [0, 0.1) is 0 Å². The van der Waals surface area contributed by atoms with Crippen molar-refractivity contribution in [2.24, 2.45) is 5.73 Å². The van der Waals surface area contributed by atoms with Gasteiger partial charge in [-0.25, -0.2) is 0 Å². The highest BCUT2D eigenvalue weighted by Gasteiger charge is 2.43. The molecule has 3 heteroatoms. The third kappa shape index (κ3) is 1.99. The van der Waals surface area contributed by atoms with Crippen molar-refractivity contribution in [3.63, 3.8) is 0 Å². The van der Waals surface area contributed by atoms with E-state index >= 15 is 0 Å². The summed E-state index contributed by atoms with van der Waals surface area (Å²) in [5, 5.41) is 0. The number of benzene rings is 1. The first kappa shape index (κ1) is 12.0. The molecule has 2 N–H and O–H groups in total. The summed E-state index contributed by atoms with van der Waals surface area (Å²) in [4.78, 5) is 1.33. The summed E-state index contributed by atoms with van der Waals surface area (Å²) < 4.78 is 5.35. The van der Waals surface area contributed by atoms with Gasteiger partial charge in [0, 0.05) is 10.9 Å². The lowest BCUT2D eigenvalue weighted by Crippen LogP contribution is -2.57. The van der Waals surface area contributed by atoms with Crippen LogP contribution in [0.25, 0.3) is 0 Å². The summed E-state index contributed by atoms with van der Waals surface area (Å²) >= 11 is 1.87. The van der Waals surface area contributed by atoms with Crippen LogP contribution < -0.4 is 5.73 Å². The van der Waals surface area contributed by atoms with Crippen LogP contribution >= 0.6 is 11.8 Å². The highest BCUT2D eigenvalue weighted by Crippen LogP contribution is 2.35. The van der Waals surface area contributed by atoms with Crippen molar-refractivity contribution in [1.29, 1.82) is 0 Å². The zero-order valence-electron chi connectivity index (χ0n) is 9.90. The number of rotatable bonds is 4. The lowest BCUT2D eigenvalue weighted by atomic mass is 9.73. The van der Waals surface area contributed by atoms with E-state index in [-0.39, 0.29) is 11.5 Å². The van der Waals surface area contributed by atoms with Gasteiger partial charge in [-0.15, -0.1) is 11.8 Å². The maximum Gasteiger partial charge on any atom is 0.0600 e. The van der Waals surface area contributed by atoms with Crippen LogP contribution in [-0.4, -0.2) is 25.0 Å². The average Bonchev–Trinajstić information content (AvgIpc) is 2.18. The highest BCUT2D eigenvalue weighted by atomic mass is 32.2. The van der Waals surface area contributed by atoms with Crippen molar-refractivity contribution in [3.05, 3.63) is 29.8 Å². The summed E-state index contributed by atoms with van der Waals surface area (Å²) in [5.74, 6) is 1.11. The predicted octanol–water partition coefficient (Wildman–Crippen LogP) is 2.41. The van der Waals surface area contributed by atoms with Crippen molar-refractivity contribution < 1.29 is 4.74 Å². The lowest BCUT2D eigenvalue weighted by molar-refractivity contribution is -0.0701. The monoisotopic (exact) mass is 237 g/mol. The number of hydrogen-bond donors (Lipinski definition) is 1. The van der Waals surface area contributed by atoms with Gasteiger partial charge in [-0.3, -0.25) is 0 Å². The summed E-state index contributed by atoms with van der Waals surface area (Å²) in [5.41, 5.74) is 7.44. The molecule has 2 rings (SSSR count). The van der Waals surface area contributed by atoms with Crippen molar-refractivity contribution in [1.82, 2.24) is 0 Å².